The molecule has 4 heterocycles. The minimum atomic E-state index is 0.599. The van der Waals surface area contributed by atoms with E-state index in [-0.39, 0.29) is 0 Å². The number of imidazole rings is 1. The average molecular weight is 305 g/mol. The van der Waals surface area contributed by atoms with Crippen LogP contribution < -0.4 is 0 Å². The number of nitrogens with zero attached hydrogens (tertiary/aromatic N) is 3. The number of pyridine rings is 1. The van der Waals surface area contributed by atoms with E-state index >= 15 is 0 Å². The quantitative estimate of drug-likeness (QED) is 0.846. The maximum atomic E-state index is 4.96. The summed E-state index contributed by atoms with van der Waals surface area (Å²) in [7, 11) is 0. The highest BCUT2D eigenvalue weighted by atomic mass is 32.2. The first-order valence-electron chi connectivity index (χ1n) is 7.42. The van der Waals surface area contributed by atoms with Gasteiger partial charge >= 0.3 is 0 Å². The fourth-order valence-corrected chi connectivity index (χ4v) is 5.60. The lowest BCUT2D eigenvalue weighted by Gasteiger charge is -2.24. The van der Waals surface area contributed by atoms with Gasteiger partial charge in [-0.3, -0.25) is 0 Å². The van der Waals surface area contributed by atoms with Crippen molar-refractivity contribution in [1.82, 2.24) is 14.5 Å². The molecule has 0 radical (unpaired) electrons. The number of thioether (sulfide) groups is 2. The lowest BCUT2D eigenvalue weighted by Crippen LogP contribution is -2.18. The molecule has 106 valence electrons. The van der Waals surface area contributed by atoms with Gasteiger partial charge in [0.25, 0.3) is 0 Å². The molecule has 2 aromatic heterocycles. The van der Waals surface area contributed by atoms with E-state index in [4.69, 9.17) is 4.98 Å². The van der Waals surface area contributed by atoms with Crippen LogP contribution in [0, 0.1) is 0 Å². The van der Waals surface area contributed by atoms with Crippen molar-refractivity contribution in [1.29, 1.82) is 0 Å². The van der Waals surface area contributed by atoms with Gasteiger partial charge in [-0.1, -0.05) is 0 Å². The fraction of sp³-hybridized carbons (Fsp3) is 0.600. The molecule has 2 atom stereocenters. The topological polar surface area (TPSA) is 30.7 Å². The zero-order valence-electron chi connectivity index (χ0n) is 11.5. The summed E-state index contributed by atoms with van der Waals surface area (Å²) in [6, 6.07) is 4.71. The van der Waals surface area contributed by atoms with Crippen molar-refractivity contribution in [2.75, 3.05) is 23.0 Å². The second-order valence-corrected chi connectivity index (χ2v) is 7.92. The molecule has 2 aliphatic rings. The van der Waals surface area contributed by atoms with Gasteiger partial charge in [0.1, 0.15) is 11.3 Å². The molecular formula is C15H19N3S2. The molecule has 0 saturated carbocycles. The van der Waals surface area contributed by atoms with Crippen molar-refractivity contribution < 1.29 is 0 Å². The summed E-state index contributed by atoms with van der Waals surface area (Å²) in [4.78, 5) is 9.58. The molecule has 2 fully saturated rings. The van der Waals surface area contributed by atoms with E-state index in [2.05, 4.69) is 39.1 Å². The third-order valence-electron chi connectivity index (χ3n) is 4.27. The second kappa shape index (κ2) is 5.60. The zero-order chi connectivity index (χ0) is 13.4. The Kier molecular flexibility index (Phi) is 3.65. The van der Waals surface area contributed by atoms with E-state index < -0.39 is 0 Å². The van der Waals surface area contributed by atoms with E-state index in [1.54, 1.807) is 0 Å². The van der Waals surface area contributed by atoms with Crippen molar-refractivity contribution >= 4 is 34.7 Å². The first kappa shape index (κ1) is 13.0. The number of fused-ring (bicyclic) bond motifs is 1. The van der Waals surface area contributed by atoms with Crippen LogP contribution in [0.15, 0.2) is 18.3 Å². The number of aromatic nitrogens is 3. The molecule has 5 heteroatoms. The van der Waals surface area contributed by atoms with Crippen LogP contribution >= 0.6 is 23.5 Å². The first-order valence-corrected chi connectivity index (χ1v) is 9.73. The Morgan fingerprint density at radius 2 is 2.10 bits per heavy atom. The number of hydrogen-bond acceptors (Lipinski definition) is 4. The van der Waals surface area contributed by atoms with Crippen molar-refractivity contribution in [3.63, 3.8) is 0 Å². The summed E-state index contributed by atoms with van der Waals surface area (Å²) in [6.07, 6.45) is 5.78. The Morgan fingerprint density at radius 3 is 2.90 bits per heavy atom. The first-order chi connectivity index (χ1) is 9.93. The normalized spacial score (nSPS) is 27.2. The summed E-state index contributed by atoms with van der Waals surface area (Å²) in [5.41, 5.74) is 2.18. The van der Waals surface area contributed by atoms with Crippen molar-refractivity contribution in [3.05, 3.63) is 24.2 Å². The minimum absolute atomic E-state index is 0.599. The summed E-state index contributed by atoms with van der Waals surface area (Å²) in [5.74, 6) is 6.95. The predicted molar refractivity (Wildman–Crippen MR) is 87.8 cm³/mol. The summed E-state index contributed by atoms with van der Waals surface area (Å²) in [5, 5.41) is 0. The van der Waals surface area contributed by atoms with Crippen LogP contribution in [0.4, 0.5) is 0 Å². The molecule has 20 heavy (non-hydrogen) atoms. The monoisotopic (exact) mass is 305 g/mol. The highest BCUT2D eigenvalue weighted by Gasteiger charge is 2.28. The van der Waals surface area contributed by atoms with Crippen LogP contribution in [0.2, 0.25) is 0 Å². The van der Waals surface area contributed by atoms with Crippen molar-refractivity contribution in [2.24, 2.45) is 0 Å². The smallest absolute Gasteiger partial charge is 0.160 e. The van der Waals surface area contributed by atoms with Gasteiger partial charge in [-0.15, -0.1) is 0 Å². The van der Waals surface area contributed by atoms with Crippen molar-refractivity contribution in [2.45, 2.75) is 31.2 Å². The molecule has 0 bridgehead atoms. The molecular weight excluding hydrogens is 286 g/mol. The molecule has 2 aliphatic heterocycles. The fourth-order valence-electron chi connectivity index (χ4n) is 3.27. The lowest BCUT2D eigenvalue weighted by molar-refractivity contribution is 0.507. The highest BCUT2D eigenvalue weighted by molar-refractivity contribution is 7.99. The average Bonchev–Trinajstić information content (AvgIpc) is 3.14. The summed E-state index contributed by atoms with van der Waals surface area (Å²) >= 11 is 4.14. The van der Waals surface area contributed by atoms with Gasteiger partial charge in [0.15, 0.2) is 5.65 Å². The third kappa shape index (κ3) is 2.25. The van der Waals surface area contributed by atoms with Gasteiger partial charge in [0.2, 0.25) is 0 Å². The largest absolute Gasteiger partial charge is 0.308 e. The lowest BCUT2D eigenvalue weighted by atomic mass is 10.0. The second-order valence-electron chi connectivity index (χ2n) is 5.62. The molecule has 3 nitrogen and oxygen atoms in total. The molecule has 0 spiro atoms. The highest BCUT2D eigenvalue weighted by Crippen LogP contribution is 2.37. The van der Waals surface area contributed by atoms with Gasteiger partial charge in [0.05, 0.1) is 0 Å². The third-order valence-corrected chi connectivity index (χ3v) is 6.63. The molecule has 0 amide bonds. The van der Waals surface area contributed by atoms with Crippen LogP contribution in [0.3, 0.4) is 0 Å². The van der Waals surface area contributed by atoms with E-state index in [1.165, 1.54) is 48.1 Å². The zero-order valence-corrected chi connectivity index (χ0v) is 13.1. The molecule has 4 rings (SSSR count). The van der Waals surface area contributed by atoms with Gasteiger partial charge in [-0.05, 0) is 42.9 Å². The standard InChI is InChI=1S/C15H19N3S2/c1-4-13-15(16-6-1)18(12-5-8-20-10-12)14(17-13)11-3-2-7-19-9-11/h1,4,6,11-12H,2-3,5,7-10H2. The van der Waals surface area contributed by atoms with Crippen LogP contribution in [-0.4, -0.2) is 37.5 Å². The van der Waals surface area contributed by atoms with Gasteiger partial charge in [0, 0.05) is 29.7 Å². The van der Waals surface area contributed by atoms with E-state index in [1.807, 2.05) is 12.3 Å². The Hall–Kier alpha value is -0.680. The Morgan fingerprint density at radius 1 is 1.15 bits per heavy atom. The van der Waals surface area contributed by atoms with E-state index in [9.17, 15) is 0 Å². The van der Waals surface area contributed by atoms with Crippen molar-refractivity contribution in [3.8, 4) is 0 Å². The SMILES string of the molecule is c1cnc2c(c1)nc(C1CCCSC1)n2C1CCSC1. The predicted octanol–water partition coefficient (Wildman–Crippen LogP) is 3.72. The van der Waals surface area contributed by atoms with Crippen LogP contribution in [-0.2, 0) is 0 Å². The van der Waals surface area contributed by atoms with Crippen LogP contribution in [0.1, 0.15) is 37.0 Å². The molecule has 0 aliphatic carbocycles. The molecule has 2 unspecified atom stereocenters. The molecule has 2 saturated heterocycles. The van der Waals surface area contributed by atoms with Gasteiger partial charge in [-0.25, -0.2) is 9.97 Å². The van der Waals surface area contributed by atoms with E-state index in [0.29, 0.717) is 12.0 Å². The molecule has 0 aromatic carbocycles. The van der Waals surface area contributed by atoms with Crippen LogP contribution in [0.25, 0.3) is 11.2 Å². The number of hydrogen-bond donors (Lipinski definition) is 0. The summed E-state index contributed by atoms with van der Waals surface area (Å²) < 4.78 is 2.48. The maximum absolute atomic E-state index is 4.96. The maximum Gasteiger partial charge on any atom is 0.160 e. The molecule has 0 N–H and O–H groups in total. The van der Waals surface area contributed by atoms with Crippen LogP contribution in [0.5, 0.6) is 0 Å². The number of rotatable bonds is 2. The van der Waals surface area contributed by atoms with Gasteiger partial charge < -0.3 is 4.57 Å². The minimum Gasteiger partial charge on any atom is -0.308 e. The Labute approximate surface area is 127 Å². The Bertz CT molecular complexity index is 598. The van der Waals surface area contributed by atoms with Gasteiger partial charge in [-0.2, -0.15) is 23.5 Å². The molecule has 2 aromatic rings. The summed E-state index contributed by atoms with van der Waals surface area (Å²) in [6.45, 7) is 0. The van der Waals surface area contributed by atoms with E-state index in [0.717, 1.165) is 11.2 Å². The Balaban J connectivity index is 1.82.